The van der Waals surface area contributed by atoms with Crippen LogP contribution < -0.4 is 11.1 Å². The molecule has 152 valence electrons. The summed E-state index contributed by atoms with van der Waals surface area (Å²) in [6.07, 6.45) is 2.47. The maximum atomic E-state index is 12.5. The number of hydrogen-bond donors (Lipinski definition) is 2. The molecule has 29 heavy (non-hydrogen) atoms. The van der Waals surface area contributed by atoms with Gasteiger partial charge in [0.25, 0.3) is 0 Å². The van der Waals surface area contributed by atoms with Crippen molar-refractivity contribution < 1.29 is 18.0 Å². The number of sulfonamides is 1. The summed E-state index contributed by atoms with van der Waals surface area (Å²) in [5.41, 5.74) is 6.95. The van der Waals surface area contributed by atoms with Crippen molar-refractivity contribution in [1.82, 2.24) is 4.31 Å². The largest absolute Gasteiger partial charge is 0.366 e. The molecule has 0 aromatic heterocycles. The molecule has 8 heteroatoms. The van der Waals surface area contributed by atoms with Gasteiger partial charge >= 0.3 is 0 Å². The number of carbonyl (C=O) groups is 2. The number of carbonyl (C=O) groups excluding carboxylic acids is 2. The fourth-order valence-corrected chi connectivity index (χ4v) is 4.37. The Morgan fingerprint density at radius 1 is 1.00 bits per heavy atom. The van der Waals surface area contributed by atoms with E-state index in [9.17, 15) is 18.0 Å². The van der Waals surface area contributed by atoms with Crippen molar-refractivity contribution >= 4 is 33.6 Å². The number of rotatable bonds is 6. The minimum absolute atomic E-state index is 0.159. The summed E-state index contributed by atoms with van der Waals surface area (Å²) in [6.45, 7) is 0.584. The summed E-state index contributed by atoms with van der Waals surface area (Å²) in [5.74, 6) is -0.957. The van der Waals surface area contributed by atoms with Crippen molar-refractivity contribution in [2.24, 2.45) is 11.7 Å². The van der Waals surface area contributed by atoms with Crippen LogP contribution in [0.15, 0.2) is 60.0 Å². The first-order valence-electron chi connectivity index (χ1n) is 9.29. The average Bonchev–Trinajstić information content (AvgIpc) is 2.73. The van der Waals surface area contributed by atoms with Gasteiger partial charge in [0.2, 0.25) is 21.8 Å². The van der Waals surface area contributed by atoms with E-state index in [0.717, 1.165) is 5.56 Å². The maximum Gasteiger partial charge on any atom is 0.248 e. The molecule has 7 nitrogen and oxygen atoms in total. The number of nitrogens with one attached hydrogen (secondary N) is 1. The molecular weight excluding hydrogens is 390 g/mol. The number of hydrogen-bond acceptors (Lipinski definition) is 4. The van der Waals surface area contributed by atoms with Gasteiger partial charge in [-0.05, 0) is 48.7 Å². The highest BCUT2D eigenvalue weighted by molar-refractivity contribution is 7.92. The van der Waals surface area contributed by atoms with Crippen LogP contribution in [0, 0.1) is 5.92 Å². The lowest BCUT2D eigenvalue weighted by atomic mass is 9.97. The van der Waals surface area contributed by atoms with Crippen molar-refractivity contribution in [2.75, 3.05) is 18.4 Å². The van der Waals surface area contributed by atoms with Gasteiger partial charge in [-0.2, -0.15) is 4.31 Å². The predicted molar refractivity (Wildman–Crippen MR) is 112 cm³/mol. The van der Waals surface area contributed by atoms with Gasteiger partial charge in [-0.25, -0.2) is 8.42 Å². The van der Waals surface area contributed by atoms with Crippen LogP contribution in [-0.2, 0) is 14.8 Å². The fourth-order valence-electron chi connectivity index (χ4n) is 3.15. The summed E-state index contributed by atoms with van der Waals surface area (Å²) in [5, 5.41) is 4.02. The van der Waals surface area contributed by atoms with E-state index >= 15 is 0 Å². The number of benzene rings is 2. The Hall–Kier alpha value is -2.97. The number of amides is 2. The second-order valence-electron chi connectivity index (χ2n) is 6.86. The molecule has 0 atom stereocenters. The molecule has 1 saturated heterocycles. The number of nitrogens with zero attached hydrogens (tertiary/aromatic N) is 1. The normalized spacial score (nSPS) is 16.0. The Labute approximate surface area is 170 Å². The van der Waals surface area contributed by atoms with Crippen molar-refractivity contribution in [1.29, 1.82) is 0 Å². The van der Waals surface area contributed by atoms with Crippen LogP contribution in [0.4, 0.5) is 5.69 Å². The van der Waals surface area contributed by atoms with Crippen molar-refractivity contribution in [2.45, 2.75) is 12.8 Å². The quantitative estimate of drug-likeness (QED) is 0.758. The van der Waals surface area contributed by atoms with Crippen LogP contribution in [-0.4, -0.2) is 37.6 Å². The molecule has 2 amide bonds. The Morgan fingerprint density at radius 3 is 2.21 bits per heavy atom. The van der Waals surface area contributed by atoms with Crippen LogP contribution >= 0.6 is 0 Å². The molecule has 3 N–H and O–H groups in total. The number of anilines is 1. The van der Waals surface area contributed by atoms with Crippen molar-refractivity contribution in [3.05, 3.63) is 71.1 Å². The topological polar surface area (TPSA) is 110 Å². The highest BCUT2D eigenvalue weighted by atomic mass is 32.2. The van der Waals surface area contributed by atoms with E-state index in [2.05, 4.69) is 5.32 Å². The third-order valence-electron chi connectivity index (χ3n) is 4.85. The zero-order valence-electron chi connectivity index (χ0n) is 15.8. The molecule has 0 bridgehead atoms. The van der Waals surface area contributed by atoms with Gasteiger partial charge in [0.05, 0.1) is 0 Å². The molecule has 1 heterocycles. The zero-order chi connectivity index (χ0) is 20.9. The van der Waals surface area contributed by atoms with Crippen LogP contribution in [0.25, 0.3) is 6.08 Å². The summed E-state index contributed by atoms with van der Waals surface area (Å²) < 4.78 is 26.4. The Bertz CT molecular complexity index is 994. The molecule has 2 aromatic rings. The first-order chi connectivity index (χ1) is 13.8. The number of nitrogens with two attached hydrogens (primary N) is 1. The van der Waals surface area contributed by atoms with E-state index in [0.29, 0.717) is 37.2 Å². The second kappa shape index (κ2) is 9.02. The zero-order valence-corrected chi connectivity index (χ0v) is 16.6. The minimum atomic E-state index is -3.53. The van der Waals surface area contributed by atoms with Crippen LogP contribution in [0.1, 0.15) is 28.8 Å². The summed E-state index contributed by atoms with van der Waals surface area (Å²) in [6, 6.07) is 15.6. The van der Waals surface area contributed by atoms with Crippen LogP contribution in [0.2, 0.25) is 0 Å². The third kappa shape index (κ3) is 5.52. The van der Waals surface area contributed by atoms with Gasteiger partial charge in [0, 0.05) is 35.7 Å². The molecular formula is C21H23N3O4S. The first-order valence-corrected chi connectivity index (χ1v) is 10.8. The molecule has 0 radical (unpaired) electrons. The van der Waals surface area contributed by atoms with E-state index in [4.69, 9.17) is 5.73 Å². The van der Waals surface area contributed by atoms with Gasteiger partial charge in [-0.3, -0.25) is 9.59 Å². The van der Waals surface area contributed by atoms with Gasteiger partial charge in [-0.1, -0.05) is 30.3 Å². The molecule has 1 aliphatic heterocycles. The van der Waals surface area contributed by atoms with Crippen LogP contribution in [0.3, 0.4) is 0 Å². The number of piperidine rings is 1. The molecule has 0 unspecified atom stereocenters. The standard InChI is InChI=1S/C21H23N3O4S/c22-20(25)17-6-8-19(9-7-17)23-21(26)18-10-13-24(14-11-18)29(27,28)15-12-16-4-2-1-3-5-16/h1-9,12,15,18H,10-11,13-14H2,(H2,22,25)(H,23,26)/b15-12+. The summed E-state index contributed by atoms with van der Waals surface area (Å²) >= 11 is 0. The maximum absolute atomic E-state index is 12.5. The molecule has 1 aliphatic rings. The molecule has 0 aliphatic carbocycles. The fraction of sp³-hybridized carbons (Fsp3) is 0.238. The van der Waals surface area contributed by atoms with E-state index < -0.39 is 15.9 Å². The van der Waals surface area contributed by atoms with Gasteiger partial charge in [0.15, 0.2) is 0 Å². The highest BCUT2D eigenvalue weighted by Crippen LogP contribution is 2.22. The average molecular weight is 413 g/mol. The lowest BCUT2D eigenvalue weighted by molar-refractivity contribution is -0.120. The highest BCUT2D eigenvalue weighted by Gasteiger charge is 2.30. The summed E-state index contributed by atoms with van der Waals surface area (Å²) in [7, 11) is -3.53. The van der Waals surface area contributed by atoms with E-state index in [1.54, 1.807) is 30.3 Å². The Kier molecular flexibility index (Phi) is 6.46. The Balaban J connectivity index is 1.54. The summed E-state index contributed by atoms with van der Waals surface area (Å²) in [4.78, 5) is 23.6. The SMILES string of the molecule is NC(=O)c1ccc(NC(=O)C2CCN(S(=O)(=O)/C=C/c3ccccc3)CC2)cc1. The van der Waals surface area contributed by atoms with E-state index in [-0.39, 0.29) is 11.8 Å². The van der Waals surface area contributed by atoms with Crippen molar-refractivity contribution in [3.63, 3.8) is 0 Å². The molecule has 0 spiro atoms. The molecule has 3 rings (SSSR count). The molecule has 2 aromatic carbocycles. The monoisotopic (exact) mass is 413 g/mol. The lowest BCUT2D eigenvalue weighted by Crippen LogP contribution is -2.40. The van der Waals surface area contributed by atoms with Gasteiger partial charge < -0.3 is 11.1 Å². The van der Waals surface area contributed by atoms with Gasteiger partial charge in [-0.15, -0.1) is 0 Å². The molecule has 0 saturated carbocycles. The second-order valence-corrected chi connectivity index (χ2v) is 8.68. The third-order valence-corrected chi connectivity index (χ3v) is 6.42. The van der Waals surface area contributed by atoms with E-state index in [1.165, 1.54) is 9.71 Å². The van der Waals surface area contributed by atoms with Crippen molar-refractivity contribution in [3.8, 4) is 0 Å². The van der Waals surface area contributed by atoms with E-state index in [1.807, 2.05) is 30.3 Å². The van der Waals surface area contributed by atoms with Crippen LogP contribution in [0.5, 0.6) is 0 Å². The minimum Gasteiger partial charge on any atom is -0.366 e. The molecule has 1 fully saturated rings. The lowest BCUT2D eigenvalue weighted by Gasteiger charge is -2.29. The van der Waals surface area contributed by atoms with Gasteiger partial charge in [0.1, 0.15) is 0 Å². The Morgan fingerprint density at radius 2 is 1.62 bits per heavy atom. The number of primary amides is 1. The predicted octanol–water partition coefficient (Wildman–Crippen LogP) is 2.44. The smallest absolute Gasteiger partial charge is 0.248 e. The first kappa shape index (κ1) is 20.8.